The molecule has 1 unspecified atom stereocenters. The minimum atomic E-state index is -0.174. The summed E-state index contributed by atoms with van der Waals surface area (Å²) in [4.78, 5) is 16.2. The standard InChI is InChI=1S/C18H21ClN2O3/c1-2-18-11-20(5-6-21(18)17(22)24-12-18)9-13-7-14-8-15(19)3-4-16(14)23-10-13/h3-4,7-8H,2,5-6,9-12H2,1H3. The molecule has 0 saturated carbocycles. The van der Waals surface area contributed by atoms with Gasteiger partial charge in [0.15, 0.2) is 0 Å². The first kappa shape index (κ1) is 15.8. The Morgan fingerprint density at radius 1 is 1.29 bits per heavy atom. The van der Waals surface area contributed by atoms with E-state index in [9.17, 15) is 4.79 Å². The van der Waals surface area contributed by atoms with Crippen LogP contribution in [0.25, 0.3) is 6.08 Å². The molecule has 0 spiro atoms. The molecule has 2 saturated heterocycles. The monoisotopic (exact) mass is 348 g/mol. The number of hydrogen-bond acceptors (Lipinski definition) is 4. The summed E-state index contributed by atoms with van der Waals surface area (Å²) in [7, 11) is 0. The van der Waals surface area contributed by atoms with Crippen molar-refractivity contribution in [2.45, 2.75) is 18.9 Å². The van der Waals surface area contributed by atoms with E-state index in [1.807, 2.05) is 23.1 Å². The number of carbonyl (C=O) groups is 1. The molecule has 1 amide bonds. The first-order valence-corrected chi connectivity index (χ1v) is 8.76. The molecular formula is C18H21ClN2O3. The lowest BCUT2D eigenvalue weighted by molar-refractivity contribution is 0.0530. The molecule has 6 heteroatoms. The lowest BCUT2D eigenvalue weighted by Crippen LogP contribution is -2.61. The Labute approximate surface area is 146 Å². The van der Waals surface area contributed by atoms with Crippen molar-refractivity contribution in [3.63, 3.8) is 0 Å². The maximum atomic E-state index is 11.9. The van der Waals surface area contributed by atoms with Gasteiger partial charge < -0.3 is 9.47 Å². The highest BCUT2D eigenvalue weighted by atomic mass is 35.5. The van der Waals surface area contributed by atoms with E-state index in [2.05, 4.69) is 17.9 Å². The van der Waals surface area contributed by atoms with E-state index in [4.69, 9.17) is 21.1 Å². The van der Waals surface area contributed by atoms with Gasteiger partial charge in [0.1, 0.15) is 19.0 Å². The normalized spacial score (nSPS) is 26.3. The van der Waals surface area contributed by atoms with Crippen LogP contribution in [0.4, 0.5) is 4.79 Å². The molecule has 4 rings (SSSR count). The number of halogens is 1. The number of cyclic esters (lactones) is 1. The molecule has 1 atom stereocenters. The Morgan fingerprint density at radius 3 is 3.00 bits per heavy atom. The molecular weight excluding hydrogens is 328 g/mol. The average molecular weight is 349 g/mol. The predicted octanol–water partition coefficient (Wildman–Crippen LogP) is 3.03. The third-order valence-electron chi connectivity index (χ3n) is 5.24. The Bertz CT molecular complexity index is 706. The van der Waals surface area contributed by atoms with Crippen LogP contribution in [0.15, 0.2) is 23.8 Å². The number of piperazine rings is 1. The molecule has 3 aliphatic rings. The van der Waals surface area contributed by atoms with Gasteiger partial charge in [0.05, 0.1) is 5.54 Å². The van der Waals surface area contributed by atoms with E-state index in [1.165, 1.54) is 5.57 Å². The van der Waals surface area contributed by atoms with Crippen molar-refractivity contribution in [2.75, 3.05) is 39.4 Å². The fourth-order valence-corrected chi connectivity index (χ4v) is 4.04. The number of benzene rings is 1. The van der Waals surface area contributed by atoms with Crippen molar-refractivity contribution in [3.8, 4) is 5.75 Å². The van der Waals surface area contributed by atoms with Crippen LogP contribution in [0.1, 0.15) is 18.9 Å². The summed E-state index contributed by atoms with van der Waals surface area (Å²) < 4.78 is 11.1. The Kier molecular flexibility index (Phi) is 3.93. The summed E-state index contributed by atoms with van der Waals surface area (Å²) in [6, 6.07) is 5.70. The zero-order chi connectivity index (χ0) is 16.7. The molecule has 128 valence electrons. The van der Waals surface area contributed by atoms with Crippen LogP contribution in [-0.2, 0) is 4.74 Å². The zero-order valence-corrected chi connectivity index (χ0v) is 14.5. The highest BCUT2D eigenvalue weighted by molar-refractivity contribution is 6.30. The Balaban J connectivity index is 1.49. The van der Waals surface area contributed by atoms with Crippen LogP contribution in [-0.4, -0.2) is 60.8 Å². The molecule has 0 radical (unpaired) electrons. The second-order valence-corrected chi connectivity index (χ2v) is 7.20. The van der Waals surface area contributed by atoms with Gasteiger partial charge in [-0.25, -0.2) is 4.79 Å². The number of amides is 1. The van der Waals surface area contributed by atoms with Gasteiger partial charge in [-0.3, -0.25) is 9.80 Å². The van der Waals surface area contributed by atoms with Crippen LogP contribution in [0.3, 0.4) is 0 Å². The minimum Gasteiger partial charge on any atom is -0.489 e. The number of fused-ring (bicyclic) bond motifs is 2. The lowest BCUT2D eigenvalue weighted by Gasteiger charge is -2.44. The zero-order valence-electron chi connectivity index (χ0n) is 13.8. The molecule has 24 heavy (non-hydrogen) atoms. The summed E-state index contributed by atoms with van der Waals surface area (Å²) in [5.41, 5.74) is 2.09. The summed E-state index contributed by atoms with van der Waals surface area (Å²) in [6.07, 6.45) is 2.91. The molecule has 0 bridgehead atoms. The molecule has 2 fully saturated rings. The number of ether oxygens (including phenoxy) is 2. The van der Waals surface area contributed by atoms with Gasteiger partial charge in [0, 0.05) is 36.8 Å². The van der Waals surface area contributed by atoms with Gasteiger partial charge in [-0.2, -0.15) is 0 Å². The fourth-order valence-electron chi connectivity index (χ4n) is 3.86. The molecule has 0 aliphatic carbocycles. The summed E-state index contributed by atoms with van der Waals surface area (Å²) in [6.45, 7) is 6.49. The summed E-state index contributed by atoms with van der Waals surface area (Å²) in [5.74, 6) is 0.882. The van der Waals surface area contributed by atoms with Gasteiger partial charge in [0.25, 0.3) is 0 Å². The molecule has 1 aromatic carbocycles. The second kappa shape index (κ2) is 5.97. The van der Waals surface area contributed by atoms with Gasteiger partial charge in [0.2, 0.25) is 0 Å². The van der Waals surface area contributed by atoms with Crippen molar-refractivity contribution >= 4 is 23.8 Å². The largest absolute Gasteiger partial charge is 0.489 e. The first-order valence-electron chi connectivity index (χ1n) is 8.38. The minimum absolute atomic E-state index is 0.166. The van der Waals surface area contributed by atoms with E-state index in [1.54, 1.807) is 0 Å². The lowest BCUT2D eigenvalue weighted by atomic mass is 9.92. The second-order valence-electron chi connectivity index (χ2n) is 6.77. The van der Waals surface area contributed by atoms with Gasteiger partial charge in [-0.05, 0) is 36.3 Å². The highest BCUT2D eigenvalue weighted by Crippen LogP contribution is 2.33. The van der Waals surface area contributed by atoms with Crippen LogP contribution in [0, 0.1) is 0 Å². The number of nitrogens with zero attached hydrogens (tertiary/aromatic N) is 2. The van der Waals surface area contributed by atoms with E-state index in [0.29, 0.717) is 13.2 Å². The summed E-state index contributed by atoms with van der Waals surface area (Å²) in [5, 5.41) is 0.718. The van der Waals surface area contributed by atoms with E-state index < -0.39 is 0 Å². The van der Waals surface area contributed by atoms with E-state index in [-0.39, 0.29) is 11.6 Å². The molecule has 0 N–H and O–H groups in total. The number of rotatable bonds is 3. The van der Waals surface area contributed by atoms with Gasteiger partial charge in [-0.1, -0.05) is 18.5 Å². The molecule has 5 nitrogen and oxygen atoms in total. The smallest absolute Gasteiger partial charge is 0.410 e. The quantitative estimate of drug-likeness (QED) is 0.842. The highest BCUT2D eigenvalue weighted by Gasteiger charge is 2.49. The van der Waals surface area contributed by atoms with Crippen molar-refractivity contribution in [1.29, 1.82) is 0 Å². The fraction of sp³-hybridized carbons (Fsp3) is 0.500. The van der Waals surface area contributed by atoms with Crippen molar-refractivity contribution in [1.82, 2.24) is 9.80 Å². The van der Waals surface area contributed by atoms with Gasteiger partial charge in [-0.15, -0.1) is 0 Å². The third-order valence-corrected chi connectivity index (χ3v) is 5.48. The van der Waals surface area contributed by atoms with Gasteiger partial charge >= 0.3 is 6.09 Å². The van der Waals surface area contributed by atoms with E-state index in [0.717, 1.165) is 48.9 Å². The molecule has 3 aliphatic heterocycles. The van der Waals surface area contributed by atoms with Crippen LogP contribution < -0.4 is 4.74 Å². The topological polar surface area (TPSA) is 42.0 Å². The van der Waals surface area contributed by atoms with Crippen LogP contribution >= 0.6 is 11.6 Å². The predicted molar refractivity (Wildman–Crippen MR) is 92.4 cm³/mol. The van der Waals surface area contributed by atoms with Crippen LogP contribution in [0.5, 0.6) is 5.75 Å². The third kappa shape index (κ3) is 2.66. The maximum absolute atomic E-state index is 11.9. The van der Waals surface area contributed by atoms with Crippen molar-refractivity contribution < 1.29 is 14.3 Å². The average Bonchev–Trinajstić information content (AvgIpc) is 2.91. The molecule has 0 aromatic heterocycles. The van der Waals surface area contributed by atoms with Crippen molar-refractivity contribution in [2.24, 2.45) is 0 Å². The van der Waals surface area contributed by atoms with Crippen molar-refractivity contribution in [3.05, 3.63) is 34.4 Å². The molecule has 3 heterocycles. The SMILES string of the molecule is CCC12COC(=O)N1CCN(CC1=Cc3cc(Cl)ccc3OC1)C2. The molecule has 1 aromatic rings. The Hall–Kier alpha value is -1.72. The number of hydrogen-bond donors (Lipinski definition) is 0. The number of carbonyl (C=O) groups excluding carboxylic acids is 1. The maximum Gasteiger partial charge on any atom is 0.410 e. The van der Waals surface area contributed by atoms with E-state index >= 15 is 0 Å². The van der Waals surface area contributed by atoms with Crippen LogP contribution in [0.2, 0.25) is 5.02 Å². The Morgan fingerprint density at radius 2 is 2.17 bits per heavy atom. The first-order chi connectivity index (χ1) is 11.6. The summed E-state index contributed by atoms with van der Waals surface area (Å²) >= 11 is 6.08.